The van der Waals surface area contributed by atoms with Gasteiger partial charge in [-0.25, -0.2) is 4.79 Å². The fourth-order valence-corrected chi connectivity index (χ4v) is 6.21. The maximum atomic E-state index is 12.2. The zero-order valence-corrected chi connectivity index (χ0v) is 28.6. The molecule has 0 aliphatic carbocycles. The maximum Gasteiger partial charge on any atom is 0.319 e. The van der Waals surface area contributed by atoms with Crippen molar-refractivity contribution in [2.24, 2.45) is 5.92 Å². The molecule has 1 aliphatic rings. The van der Waals surface area contributed by atoms with Crippen molar-refractivity contribution < 1.29 is 19.4 Å². The molecule has 1 fully saturated rings. The summed E-state index contributed by atoms with van der Waals surface area (Å²) in [6.07, 6.45) is 14.8. The van der Waals surface area contributed by atoms with E-state index in [-0.39, 0.29) is 30.8 Å². The van der Waals surface area contributed by atoms with Gasteiger partial charge in [0.25, 0.3) is 0 Å². The van der Waals surface area contributed by atoms with E-state index in [1.807, 2.05) is 43.3 Å². The van der Waals surface area contributed by atoms with Crippen LogP contribution < -0.4 is 10.6 Å². The van der Waals surface area contributed by atoms with Crippen molar-refractivity contribution in [3.63, 3.8) is 0 Å². The summed E-state index contributed by atoms with van der Waals surface area (Å²) in [5.41, 5.74) is 3.57. The fraction of sp³-hybridized carbons (Fsp3) is 0.658. The summed E-state index contributed by atoms with van der Waals surface area (Å²) in [5, 5.41) is 15.3. The van der Waals surface area contributed by atoms with Crippen LogP contribution in [0.15, 0.2) is 48.5 Å². The molecule has 1 heterocycles. The molecule has 0 saturated carbocycles. The number of urea groups is 1. The number of anilines is 1. The molecule has 7 nitrogen and oxygen atoms in total. The molecular weight excluding hydrogens is 562 g/mol. The van der Waals surface area contributed by atoms with Crippen molar-refractivity contribution in [3.8, 4) is 0 Å². The first-order valence-electron chi connectivity index (χ1n) is 17.9. The topological polar surface area (TPSA) is 83.1 Å². The quantitative estimate of drug-likeness (QED) is 0.121. The average molecular weight is 624 g/mol. The van der Waals surface area contributed by atoms with E-state index >= 15 is 0 Å². The van der Waals surface area contributed by atoms with Gasteiger partial charge in [0.1, 0.15) is 0 Å². The number of rotatable bonds is 21. The Balaban J connectivity index is 1.79. The van der Waals surface area contributed by atoms with Crippen molar-refractivity contribution in [1.82, 2.24) is 10.2 Å². The highest BCUT2D eigenvalue weighted by Gasteiger charge is 2.39. The standard InChI is InChI=1S/C38H61N3O4/c1-5-8-10-12-14-16-25-41(26-17-15-13-11-9-6-2)28-35-30(4)36(32-23-21-31(29-42)22-24-32)45-37(44-35)33-19-18-20-34(27-33)40-38(43)39-7-3/h18-24,27,30,35-37,42H,5-17,25-26,28-29H2,1-4H3,(H2,39,40,43). The number of ether oxygens (including phenoxy) is 2. The number of carbonyl (C=O) groups is 1. The summed E-state index contributed by atoms with van der Waals surface area (Å²) in [5.74, 6) is 0.134. The Kier molecular flexibility index (Phi) is 17.6. The first-order chi connectivity index (χ1) is 22.0. The van der Waals surface area contributed by atoms with E-state index in [0.717, 1.165) is 36.3 Å². The van der Waals surface area contributed by atoms with E-state index in [1.54, 1.807) is 0 Å². The normalized spacial score (nSPS) is 20.0. The minimum absolute atomic E-state index is 0.0208. The van der Waals surface area contributed by atoms with Crippen LogP contribution in [-0.2, 0) is 16.1 Å². The van der Waals surface area contributed by atoms with Crippen LogP contribution in [0.2, 0.25) is 0 Å². The van der Waals surface area contributed by atoms with Gasteiger partial charge in [0.05, 0.1) is 18.8 Å². The number of aliphatic hydroxyl groups is 1. The van der Waals surface area contributed by atoms with Gasteiger partial charge in [-0.1, -0.05) is 121 Å². The molecular formula is C38H61N3O4. The SMILES string of the molecule is CCCCCCCCN(CCCCCCCC)CC1OC(c2cccc(NC(=O)NCC)c2)OC(c2ccc(CO)cc2)C1C. The third-order valence-corrected chi connectivity index (χ3v) is 8.97. The van der Waals surface area contributed by atoms with E-state index in [4.69, 9.17) is 9.47 Å². The number of hydrogen-bond acceptors (Lipinski definition) is 5. The fourth-order valence-electron chi connectivity index (χ4n) is 6.21. The predicted octanol–water partition coefficient (Wildman–Crippen LogP) is 9.13. The number of carbonyl (C=O) groups excluding carboxylic acids is 1. The van der Waals surface area contributed by atoms with E-state index in [2.05, 4.69) is 48.4 Å². The molecule has 1 saturated heterocycles. The van der Waals surface area contributed by atoms with Gasteiger partial charge >= 0.3 is 6.03 Å². The Hall–Kier alpha value is -2.45. The van der Waals surface area contributed by atoms with Crippen molar-refractivity contribution >= 4 is 11.7 Å². The molecule has 0 radical (unpaired) electrons. The van der Waals surface area contributed by atoms with Crippen molar-refractivity contribution in [3.05, 3.63) is 65.2 Å². The summed E-state index contributed by atoms with van der Waals surface area (Å²) in [4.78, 5) is 14.9. The summed E-state index contributed by atoms with van der Waals surface area (Å²) in [6, 6.07) is 15.7. The largest absolute Gasteiger partial charge is 0.392 e. The van der Waals surface area contributed by atoms with E-state index in [1.165, 1.54) is 77.0 Å². The van der Waals surface area contributed by atoms with E-state index < -0.39 is 6.29 Å². The van der Waals surface area contributed by atoms with Gasteiger partial charge in [-0.3, -0.25) is 0 Å². The van der Waals surface area contributed by atoms with Crippen LogP contribution in [-0.4, -0.2) is 48.3 Å². The molecule has 2 amide bonds. The maximum absolute atomic E-state index is 12.2. The smallest absolute Gasteiger partial charge is 0.319 e. The number of unbranched alkanes of at least 4 members (excludes halogenated alkanes) is 10. The summed E-state index contributed by atoms with van der Waals surface area (Å²) in [7, 11) is 0. The van der Waals surface area contributed by atoms with Crippen LogP contribution in [0.5, 0.6) is 0 Å². The highest BCUT2D eigenvalue weighted by molar-refractivity contribution is 5.89. The third-order valence-electron chi connectivity index (χ3n) is 8.97. The number of hydrogen-bond donors (Lipinski definition) is 3. The van der Waals surface area contributed by atoms with Crippen LogP contribution in [0.1, 0.15) is 134 Å². The van der Waals surface area contributed by atoms with E-state index in [0.29, 0.717) is 12.2 Å². The lowest BCUT2D eigenvalue weighted by Gasteiger charge is -2.43. The minimum atomic E-state index is -0.561. The second-order valence-corrected chi connectivity index (χ2v) is 12.8. The molecule has 4 atom stereocenters. The Bertz CT molecular complexity index is 1060. The molecule has 7 heteroatoms. The zero-order valence-electron chi connectivity index (χ0n) is 28.6. The zero-order chi connectivity index (χ0) is 32.3. The van der Waals surface area contributed by atoms with Gasteiger partial charge in [-0.15, -0.1) is 0 Å². The average Bonchev–Trinajstić information content (AvgIpc) is 3.05. The molecule has 0 bridgehead atoms. The first kappa shape index (κ1) is 37.0. The lowest BCUT2D eigenvalue weighted by Crippen LogP contribution is -2.45. The second-order valence-electron chi connectivity index (χ2n) is 12.8. The Labute approximate surface area is 273 Å². The molecule has 45 heavy (non-hydrogen) atoms. The van der Waals surface area contributed by atoms with Crippen LogP contribution in [0, 0.1) is 5.92 Å². The summed E-state index contributed by atoms with van der Waals surface area (Å²) in [6.45, 7) is 12.3. The molecule has 4 unspecified atom stereocenters. The van der Waals surface area contributed by atoms with E-state index in [9.17, 15) is 9.90 Å². The monoisotopic (exact) mass is 623 g/mol. The molecule has 2 aromatic carbocycles. The van der Waals surface area contributed by atoms with Crippen LogP contribution in [0.3, 0.4) is 0 Å². The molecule has 3 rings (SSSR count). The molecule has 2 aromatic rings. The number of benzene rings is 2. The van der Waals surface area contributed by atoms with Gasteiger partial charge in [-0.05, 0) is 56.1 Å². The highest BCUT2D eigenvalue weighted by atomic mass is 16.7. The number of amides is 2. The molecule has 0 aromatic heterocycles. The lowest BCUT2D eigenvalue weighted by atomic mass is 9.90. The van der Waals surface area contributed by atoms with Gasteiger partial charge < -0.3 is 30.1 Å². The van der Waals surface area contributed by atoms with Gasteiger partial charge in [0.2, 0.25) is 0 Å². The summed E-state index contributed by atoms with van der Waals surface area (Å²) >= 11 is 0. The lowest BCUT2D eigenvalue weighted by molar-refractivity contribution is -0.276. The highest BCUT2D eigenvalue weighted by Crippen LogP contribution is 2.42. The second kappa shape index (κ2) is 21.4. The van der Waals surface area contributed by atoms with Crippen molar-refractivity contribution in [1.29, 1.82) is 0 Å². The number of nitrogens with one attached hydrogen (secondary N) is 2. The third kappa shape index (κ3) is 13.1. The Morgan fingerprint density at radius 2 is 1.42 bits per heavy atom. The molecule has 0 spiro atoms. The number of aliphatic hydroxyl groups excluding tert-OH is 1. The minimum Gasteiger partial charge on any atom is -0.392 e. The predicted molar refractivity (Wildman–Crippen MR) is 185 cm³/mol. The first-order valence-corrected chi connectivity index (χ1v) is 17.9. The molecule has 1 aliphatic heterocycles. The Morgan fingerprint density at radius 3 is 2.02 bits per heavy atom. The van der Waals surface area contributed by atoms with Gasteiger partial charge in [0, 0.05) is 30.3 Å². The molecule has 3 N–H and O–H groups in total. The van der Waals surface area contributed by atoms with Crippen molar-refractivity contribution in [2.75, 3.05) is 31.5 Å². The molecule has 252 valence electrons. The van der Waals surface area contributed by atoms with Crippen LogP contribution in [0.25, 0.3) is 0 Å². The Morgan fingerprint density at radius 1 is 0.800 bits per heavy atom. The summed E-state index contributed by atoms with van der Waals surface area (Å²) < 4.78 is 13.5. The van der Waals surface area contributed by atoms with Crippen molar-refractivity contribution in [2.45, 2.75) is 130 Å². The van der Waals surface area contributed by atoms with Crippen LogP contribution >= 0.6 is 0 Å². The van der Waals surface area contributed by atoms with Crippen LogP contribution in [0.4, 0.5) is 10.5 Å². The van der Waals surface area contributed by atoms with Gasteiger partial charge in [-0.2, -0.15) is 0 Å². The van der Waals surface area contributed by atoms with Gasteiger partial charge in [0.15, 0.2) is 6.29 Å². The number of nitrogens with zero attached hydrogens (tertiary/aromatic N) is 1.